The van der Waals surface area contributed by atoms with Crippen molar-refractivity contribution in [3.05, 3.63) is 77.5 Å². The predicted molar refractivity (Wildman–Crippen MR) is 187 cm³/mol. The third-order valence-electron chi connectivity index (χ3n) is 7.86. The highest BCUT2D eigenvalue weighted by Crippen LogP contribution is 2.23. The SMILES string of the molecule is COC[C@H]([C@@H](OCc1ccc(OC)cc1)[C@@H](OCc1ccc(OC)cc1)C(=O)NCC[C@@H](C)c1nc(C(=O)OC)co1)N(C)C(=O)OC(C)(C)C. The second-order valence-electron chi connectivity index (χ2n) is 12.9. The number of hydrogen-bond donors (Lipinski definition) is 1. The van der Waals surface area contributed by atoms with E-state index >= 15 is 0 Å². The lowest BCUT2D eigenvalue weighted by Gasteiger charge is -2.38. The topological polar surface area (TPSA) is 157 Å². The number of hydrogen-bond acceptors (Lipinski definition) is 12. The summed E-state index contributed by atoms with van der Waals surface area (Å²) in [7, 11) is 7.49. The molecule has 0 saturated carbocycles. The first-order chi connectivity index (χ1) is 24.3. The molecule has 0 unspecified atom stereocenters. The minimum absolute atomic E-state index is 0.00240. The van der Waals surface area contributed by atoms with Crippen LogP contribution < -0.4 is 14.8 Å². The first kappa shape index (κ1) is 40.8. The number of ether oxygens (including phenoxy) is 7. The van der Waals surface area contributed by atoms with E-state index < -0.39 is 41.8 Å². The Labute approximate surface area is 299 Å². The van der Waals surface area contributed by atoms with Gasteiger partial charge in [-0.25, -0.2) is 14.6 Å². The van der Waals surface area contributed by atoms with Gasteiger partial charge < -0.3 is 47.8 Å². The van der Waals surface area contributed by atoms with Gasteiger partial charge in [0, 0.05) is 26.6 Å². The van der Waals surface area contributed by atoms with Crippen molar-refractivity contribution < 1.29 is 52.0 Å². The van der Waals surface area contributed by atoms with Crippen LogP contribution in [0.4, 0.5) is 4.79 Å². The van der Waals surface area contributed by atoms with Crippen LogP contribution in [0.25, 0.3) is 0 Å². The summed E-state index contributed by atoms with van der Waals surface area (Å²) in [4.78, 5) is 45.0. The van der Waals surface area contributed by atoms with E-state index in [-0.39, 0.29) is 38.0 Å². The summed E-state index contributed by atoms with van der Waals surface area (Å²) in [5.41, 5.74) is 0.870. The third kappa shape index (κ3) is 12.6. The minimum atomic E-state index is -1.22. The quantitative estimate of drug-likeness (QED) is 0.163. The number of oxazole rings is 1. The molecule has 0 aliphatic carbocycles. The number of rotatable bonds is 19. The standard InChI is InChI=1S/C37H51N3O11/c1-24(34-39-29(22-50-34)35(42)47-9)18-19-38-33(41)32(49-21-26-12-16-28(46-8)17-13-26)31(48-20-25-10-14-27(45-7)15-11-25)30(23-44-6)40(5)36(43)51-37(2,3)4/h10-17,22,24,30-32H,18-21,23H2,1-9H3,(H,38,41)/t24-,30-,31-,32-/m1/s1. The number of nitrogens with one attached hydrogen (secondary N) is 1. The Bertz CT molecular complexity index is 1520. The number of benzene rings is 2. The van der Waals surface area contributed by atoms with E-state index in [9.17, 15) is 14.4 Å². The van der Waals surface area contributed by atoms with Gasteiger partial charge in [0.15, 0.2) is 17.7 Å². The summed E-state index contributed by atoms with van der Waals surface area (Å²) in [6.45, 7) is 7.51. The van der Waals surface area contributed by atoms with Crippen molar-refractivity contribution >= 4 is 18.0 Å². The van der Waals surface area contributed by atoms with Gasteiger partial charge in [-0.2, -0.15) is 0 Å². The summed E-state index contributed by atoms with van der Waals surface area (Å²) in [6.07, 6.45) is -1.22. The molecule has 0 aliphatic heterocycles. The van der Waals surface area contributed by atoms with Crippen LogP contribution >= 0.6 is 0 Å². The summed E-state index contributed by atoms with van der Waals surface area (Å²) in [6, 6.07) is 13.8. The molecule has 4 atom stereocenters. The Balaban J connectivity index is 1.93. The second-order valence-corrected chi connectivity index (χ2v) is 12.9. The van der Waals surface area contributed by atoms with Crippen LogP contribution in [-0.4, -0.2) is 100 Å². The fourth-order valence-corrected chi connectivity index (χ4v) is 4.96. The molecule has 0 aliphatic rings. The second kappa shape index (κ2) is 19.7. The molecule has 0 bridgehead atoms. The third-order valence-corrected chi connectivity index (χ3v) is 7.86. The first-order valence-corrected chi connectivity index (χ1v) is 16.5. The van der Waals surface area contributed by atoms with Gasteiger partial charge in [-0.15, -0.1) is 0 Å². The van der Waals surface area contributed by atoms with Crippen molar-refractivity contribution in [2.45, 2.75) is 77.1 Å². The molecule has 2 aromatic carbocycles. The van der Waals surface area contributed by atoms with Gasteiger partial charge in [-0.3, -0.25) is 4.79 Å². The molecule has 0 saturated heterocycles. The maximum absolute atomic E-state index is 14.2. The molecular formula is C37H51N3O11. The average molecular weight is 714 g/mol. The Hall–Kier alpha value is -4.66. The largest absolute Gasteiger partial charge is 0.497 e. The number of methoxy groups -OCH3 is 4. The Morgan fingerprint density at radius 1 is 0.882 bits per heavy atom. The highest BCUT2D eigenvalue weighted by molar-refractivity contribution is 5.86. The summed E-state index contributed by atoms with van der Waals surface area (Å²) in [5, 5.41) is 2.96. The molecule has 14 heteroatoms. The van der Waals surface area contributed by atoms with E-state index in [0.717, 1.165) is 11.1 Å². The minimum Gasteiger partial charge on any atom is -0.497 e. The van der Waals surface area contributed by atoms with Gasteiger partial charge in [0.25, 0.3) is 5.91 Å². The molecule has 1 aromatic heterocycles. The molecule has 0 radical (unpaired) electrons. The highest BCUT2D eigenvalue weighted by atomic mass is 16.6. The summed E-state index contributed by atoms with van der Waals surface area (Å²) in [5.74, 6) is 0.354. The smallest absolute Gasteiger partial charge is 0.410 e. The monoisotopic (exact) mass is 713 g/mol. The lowest BCUT2D eigenvalue weighted by molar-refractivity contribution is -0.157. The average Bonchev–Trinajstić information content (AvgIpc) is 3.62. The van der Waals surface area contributed by atoms with Crippen molar-refractivity contribution in [2.24, 2.45) is 0 Å². The Kier molecular flexibility index (Phi) is 15.7. The molecule has 14 nitrogen and oxygen atoms in total. The van der Waals surface area contributed by atoms with E-state index in [4.69, 9.17) is 37.6 Å². The van der Waals surface area contributed by atoms with Gasteiger partial charge in [0.05, 0.1) is 47.2 Å². The van der Waals surface area contributed by atoms with Crippen molar-refractivity contribution in [1.29, 1.82) is 0 Å². The van der Waals surface area contributed by atoms with E-state index in [1.54, 1.807) is 66.3 Å². The predicted octanol–water partition coefficient (Wildman–Crippen LogP) is 5.14. The van der Waals surface area contributed by atoms with Crippen molar-refractivity contribution in [3.63, 3.8) is 0 Å². The molecule has 0 fully saturated rings. The first-order valence-electron chi connectivity index (χ1n) is 16.5. The fourth-order valence-electron chi connectivity index (χ4n) is 4.96. The number of carbonyl (C=O) groups excluding carboxylic acids is 3. The van der Waals surface area contributed by atoms with Gasteiger partial charge in [-0.05, 0) is 62.6 Å². The molecule has 1 heterocycles. The van der Waals surface area contributed by atoms with Crippen LogP contribution in [-0.2, 0) is 41.7 Å². The molecule has 3 rings (SSSR count). The highest BCUT2D eigenvalue weighted by Gasteiger charge is 2.41. The zero-order chi connectivity index (χ0) is 37.6. The van der Waals surface area contributed by atoms with Gasteiger partial charge in [-0.1, -0.05) is 31.2 Å². The van der Waals surface area contributed by atoms with Crippen molar-refractivity contribution in [1.82, 2.24) is 15.2 Å². The normalized spacial score (nSPS) is 13.7. The maximum atomic E-state index is 14.2. The van der Waals surface area contributed by atoms with Crippen molar-refractivity contribution in [3.8, 4) is 11.5 Å². The number of likely N-dealkylation sites (N-methyl/N-ethyl adjacent to an activating group) is 1. The molecular weight excluding hydrogens is 662 g/mol. The zero-order valence-corrected chi connectivity index (χ0v) is 30.9. The molecule has 1 N–H and O–H groups in total. The van der Waals surface area contributed by atoms with Crippen LogP contribution in [0.2, 0.25) is 0 Å². The summed E-state index contributed by atoms with van der Waals surface area (Å²) < 4.78 is 44.9. The molecule has 280 valence electrons. The number of amides is 2. The lowest BCUT2D eigenvalue weighted by atomic mass is 10.0. The van der Waals surface area contributed by atoms with Gasteiger partial charge in [0.1, 0.15) is 29.5 Å². The summed E-state index contributed by atoms with van der Waals surface area (Å²) >= 11 is 0. The van der Waals surface area contributed by atoms with E-state index in [1.165, 1.54) is 25.4 Å². The van der Waals surface area contributed by atoms with Crippen LogP contribution in [0.1, 0.15) is 67.5 Å². The number of carbonyl (C=O) groups is 3. The lowest BCUT2D eigenvalue weighted by Crippen LogP contribution is -2.57. The van der Waals surface area contributed by atoms with Crippen LogP contribution in [0.3, 0.4) is 0 Å². The van der Waals surface area contributed by atoms with Crippen molar-refractivity contribution in [2.75, 3.05) is 48.6 Å². The van der Waals surface area contributed by atoms with E-state index in [2.05, 4.69) is 10.3 Å². The number of nitrogens with zero attached hydrogens (tertiary/aromatic N) is 2. The molecule has 2 amide bonds. The van der Waals surface area contributed by atoms with Gasteiger partial charge >= 0.3 is 12.1 Å². The Morgan fingerprint density at radius 3 is 1.96 bits per heavy atom. The van der Waals surface area contributed by atoms with Crippen LogP contribution in [0.5, 0.6) is 11.5 Å². The molecule has 0 spiro atoms. The fraction of sp³-hybridized carbons (Fsp3) is 0.514. The van der Waals surface area contributed by atoms with E-state index in [0.29, 0.717) is 23.8 Å². The maximum Gasteiger partial charge on any atom is 0.410 e. The number of esters is 1. The van der Waals surface area contributed by atoms with Gasteiger partial charge in [0.2, 0.25) is 0 Å². The van der Waals surface area contributed by atoms with E-state index in [1.807, 2.05) is 31.2 Å². The number of aromatic nitrogens is 1. The van der Waals surface area contributed by atoms with Crippen LogP contribution in [0, 0.1) is 0 Å². The van der Waals surface area contributed by atoms with Crippen LogP contribution in [0.15, 0.2) is 59.2 Å². The molecule has 51 heavy (non-hydrogen) atoms. The Morgan fingerprint density at radius 2 is 1.45 bits per heavy atom. The zero-order valence-electron chi connectivity index (χ0n) is 30.9. The molecule has 3 aromatic rings.